The summed E-state index contributed by atoms with van der Waals surface area (Å²) in [7, 11) is 0. The Kier molecular flexibility index (Phi) is 2.64. The van der Waals surface area contributed by atoms with Gasteiger partial charge in [-0.15, -0.1) is 0 Å². The SMILES string of the molecule is CC1(C(N)c2ccco2)CCCCC1. The van der Waals surface area contributed by atoms with Crippen molar-refractivity contribution < 1.29 is 4.42 Å². The predicted octanol–water partition coefficient (Wildman–Crippen LogP) is 3.25. The van der Waals surface area contributed by atoms with Crippen LogP contribution in [-0.2, 0) is 0 Å². The second-order valence-electron chi connectivity index (χ2n) is 4.71. The van der Waals surface area contributed by atoms with E-state index >= 15 is 0 Å². The first kappa shape index (κ1) is 9.78. The van der Waals surface area contributed by atoms with E-state index in [0.717, 1.165) is 5.76 Å². The molecule has 1 fully saturated rings. The summed E-state index contributed by atoms with van der Waals surface area (Å²) < 4.78 is 5.39. The van der Waals surface area contributed by atoms with E-state index < -0.39 is 0 Å². The maximum atomic E-state index is 6.25. The van der Waals surface area contributed by atoms with Crippen molar-refractivity contribution >= 4 is 0 Å². The van der Waals surface area contributed by atoms with E-state index in [1.807, 2.05) is 12.1 Å². The van der Waals surface area contributed by atoms with Crippen LogP contribution in [0.5, 0.6) is 0 Å². The van der Waals surface area contributed by atoms with Gasteiger partial charge in [-0.3, -0.25) is 0 Å². The summed E-state index contributed by atoms with van der Waals surface area (Å²) >= 11 is 0. The molecule has 0 aromatic carbocycles. The van der Waals surface area contributed by atoms with Gasteiger partial charge in [0.25, 0.3) is 0 Å². The minimum atomic E-state index is 0.0674. The molecule has 14 heavy (non-hydrogen) atoms. The minimum Gasteiger partial charge on any atom is -0.468 e. The van der Waals surface area contributed by atoms with Gasteiger partial charge in [-0.05, 0) is 30.4 Å². The van der Waals surface area contributed by atoms with Crippen LogP contribution < -0.4 is 5.73 Å². The fourth-order valence-electron chi connectivity index (χ4n) is 2.48. The second kappa shape index (κ2) is 3.77. The molecule has 1 atom stereocenters. The molecule has 78 valence electrons. The molecule has 0 bridgehead atoms. The molecule has 0 saturated heterocycles. The zero-order valence-electron chi connectivity index (χ0n) is 8.83. The molecule has 0 radical (unpaired) electrons. The first-order valence-corrected chi connectivity index (χ1v) is 5.51. The van der Waals surface area contributed by atoms with E-state index in [2.05, 4.69) is 6.92 Å². The normalized spacial score (nSPS) is 23.3. The number of nitrogens with two attached hydrogens (primary N) is 1. The van der Waals surface area contributed by atoms with Crippen molar-refractivity contribution in [2.45, 2.75) is 45.1 Å². The van der Waals surface area contributed by atoms with Gasteiger partial charge in [0.15, 0.2) is 0 Å². The zero-order chi connectivity index (χ0) is 10.0. The van der Waals surface area contributed by atoms with Crippen LogP contribution in [0.1, 0.15) is 50.8 Å². The van der Waals surface area contributed by atoms with Crippen LogP contribution in [0.4, 0.5) is 0 Å². The van der Waals surface area contributed by atoms with Crippen LogP contribution in [0.15, 0.2) is 22.8 Å². The molecule has 1 aliphatic rings. The van der Waals surface area contributed by atoms with Crippen molar-refractivity contribution in [3.05, 3.63) is 24.2 Å². The van der Waals surface area contributed by atoms with Gasteiger partial charge in [-0.25, -0.2) is 0 Å². The zero-order valence-corrected chi connectivity index (χ0v) is 8.83. The van der Waals surface area contributed by atoms with Crippen LogP contribution in [0.25, 0.3) is 0 Å². The Labute approximate surface area is 85.5 Å². The Hall–Kier alpha value is -0.760. The number of hydrogen-bond acceptors (Lipinski definition) is 2. The van der Waals surface area contributed by atoms with Gasteiger partial charge in [-0.2, -0.15) is 0 Å². The Morgan fingerprint density at radius 1 is 1.36 bits per heavy atom. The van der Waals surface area contributed by atoms with Crippen molar-refractivity contribution in [3.63, 3.8) is 0 Å². The van der Waals surface area contributed by atoms with Gasteiger partial charge in [-0.1, -0.05) is 26.2 Å². The molecule has 1 aromatic rings. The fourth-order valence-corrected chi connectivity index (χ4v) is 2.48. The average Bonchev–Trinajstić information content (AvgIpc) is 2.70. The molecular formula is C12H19NO. The molecule has 0 aliphatic heterocycles. The predicted molar refractivity (Wildman–Crippen MR) is 56.8 cm³/mol. The van der Waals surface area contributed by atoms with Crippen molar-refractivity contribution in [2.75, 3.05) is 0 Å². The van der Waals surface area contributed by atoms with E-state index in [1.54, 1.807) is 6.26 Å². The third-order valence-electron chi connectivity index (χ3n) is 3.60. The number of hydrogen-bond donors (Lipinski definition) is 1. The van der Waals surface area contributed by atoms with Crippen LogP contribution in [-0.4, -0.2) is 0 Å². The van der Waals surface area contributed by atoms with Gasteiger partial charge in [0.1, 0.15) is 5.76 Å². The highest BCUT2D eigenvalue weighted by atomic mass is 16.3. The van der Waals surface area contributed by atoms with Crippen LogP contribution >= 0.6 is 0 Å². The van der Waals surface area contributed by atoms with Crippen LogP contribution in [0, 0.1) is 5.41 Å². The maximum Gasteiger partial charge on any atom is 0.121 e. The first-order valence-electron chi connectivity index (χ1n) is 5.51. The third-order valence-corrected chi connectivity index (χ3v) is 3.60. The highest BCUT2D eigenvalue weighted by molar-refractivity contribution is 5.08. The molecule has 1 unspecified atom stereocenters. The van der Waals surface area contributed by atoms with E-state index in [1.165, 1.54) is 32.1 Å². The van der Waals surface area contributed by atoms with Crippen molar-refractivity contribution in [3.8, 4) is 0 Å². The molecule has 0 amide bonds. The molecule has 1 heterocycles. The van der Waals surface area contributed by atoms with Crippen LogP contribution in [0.2, 0.25) is 0 Å². The molecule has 1 aliphatic carbocycles. The van der Waals surface area contributed by atoms with Crippen molar-refractivity contribution in [1.29, 1.82) is 0 Å². The van der Waals surface area contributed by atoms with Crippen LogP contribution in [0.3, 0.4) is 0 Å². The number of rotatable bonds is 2. The molecule has 2 nitrogen and oxygen atoms in total. The highest BCUT2D eigenvalue weighted by Crippen LogP contribution is 2.44. The summed E-state index contributed by atoms with van der Waals surface area (Å²) in [6.45, 7) is 2.29. The molecule has 1 aromatic heterocycles. The van der Waals surface area contributed by atoms with E-state index in [-0.39, 0.29) is 11.5 Å². The lowest BCUT2D eigenvalue weighted by atomic mass is 9.70. The Morgan fingerprint density at radius 2 is 2.07 bits per heavy atom. The summed E-state index contributed by atoms with van der Waals surface area (Å²) in [5, 5.41) is 0. The summed E-state index contributed by atoms with van der Waals surface area (Å²) in [5.74, 6) is 0.939. The Morgan fingerprint density at radius 3 is 2.64 bits per heavy atom. The van der Waals surface area contributed by atoms with Gasteiger partial charge in [0.05, 0.1) is 12.3 Å². The number of furan rings is 1. The topological polar surface area (TPSA) is 39.2 Å². The lowest BCUT2D eigenvalue weighted by Crippen LogP contribution is -2.33. The van der Waals surface area contributed by atoms with Gasteiger partial charge in [0, 0.05) is 0 Å². The summed E-state index contributed by atoms with van der Waals surface area (Å²) in [6, 6.07) is 3.98. The smallest absolute Gasteiger partial charge is 0.121 e. The molecular weight excluding hydrogens is 174 g/mol. The monoisotopic (exact) mass is 193 g/mol. The second-order valence-corrected chi connectivity index (χ2v) is 4.71. The van der Waals surface area contributed by atoms with E-state index in [4.69, 9.17) is 10.2 Å². The molecule has 2 heteroatoms. The van der Waals surface area contributed by atoms with Crippen molar-refractivity contribution in [1.82, 2.24) is 0 Å². The largest absolute Gasteiger partial charge is 0.468 e. The minimum absolute atomic E-state index is 0.0674. The maximum absolute atomic E-state index is 6.25. The molecule has 1 saturated carbocycles. The van der Waals surface area contributed by atoms with Gasteiger partial charge < -0.3 is 10.2 Å². The Balaban J connectivity index is 2.13. The average molecular weight is 193 g/mol. The quantitative estimate of drug-likeness (QED) is 0.783. The summed E-state index contributed by atoms with van der Waals surface area (Å²) in [6.07, 6.45) is 8.15. The Bertz CT molecular complexity index is 273. The van der Waals surface area contributed by atoms with E-state index in [0.29, 0.717) is 0 Å². The van der Waals surface area contributed by atoms with Gasteiger partial charge in [0.2, 0.25) is 0 Å². The lowest BCUT2D eigenvalue weighted by Gasteiger charge is -2.37. The summed E-state index contributed by atoms with van der Waals surface area (Å²) in [4.78, 5) is 0. The van der Waals surface area contributed by atoms with E-state index in [9.17, 15) is 0 Å². The van der Waals surface area contributed by atoms with Crippen molar-refractivity contribution in [2.24, 2.45) is 11.1 Å². The standard InChI is InChI=1S/C12H19NO/c1-12(7-3-2-4-8-12)11(13)10-6-5-9-14-10/h5-6,9,11H,2-4,7-8,13H2,1H3. The van der Waals surface area contributed by atoms with Gasteiger partial charge >= 0.3 is 0 Å². The molecule has 2 rings (SSSR count). The summed E-state index contributed by atoms with van der Waals surface area (Å²) in [5.41, 5.74) is 6.50. The molecule has 0 spiro atoms. The fraction of sp³-hybridized carbons (Fsp3) is 0.667. The lowest BCUT2D eigenvalue weighted by molar-refractivity contribution is 0.155. The molecule has 2 N–H and O–H groups in total. The third kappa shape index (κ3) is 1.71. The first-order chi connectivity index (χ1) is 6.72. The highest BCUT2D eigenvalue weighted by Gasteiger charge is 2.35.